The van der Waals surface area contributed by atoms with Gasteiger partial charge >= 0.3 is 0 Å². The first-order valence-corrected chi connectivity index (χ1v) is 5.60. The molecule has 1 aromatic heterocycles. The fourth-order valence-corrected chi connectivity index (χ4v) is 1.84. The Morgan fingerprint density at radius 1 is 1.47 bits per heavy atom. The topological polar surface area (TPSA) is 91.5 Å². The van der Waals surface area contributed by atoms with Crippen molar-refractivity contribution in [3.8, 4) is 0 Å². The van der Waals surface area contributed by atoms with Crippen molar-refractivity contribution in [3.63, 3.8) is 0 Å². The Morgan fingerprint density at radius 3 is 2.71 bits per heavy atom. The van der Waals surface area contributed by atoms with Crippen molar-refractivity contribution in [1.82, 2.24) is 9.88 Å². The zero-order valence-corrected chi connectivity index (χ0v) is 9.47. The highest BCUT2D eigenvalue weighted by molar-refractivity contribution is 5.92. The van der Waals surface area contributed by atoms with E-state index in [0.717, 1.165) is 0 Å². The number of nitrogens with zero attached hydrogens (tertiary/aromatic N) is 2. The zero-order valence-electron chi connectivity index (χ0n) is 9.47. The number of hydrogen-bond donors (Lipinski definition) is 3. The van der Waals surface area contributed by atoms with Gasteiger partial charge in [-0.2, -0.15) is 0 Å². The number of hydrogen-bond acceptors (Lipinski definition) is 5. The number of carbonyl (C=O) groups is 1. The average molecular weight is 236 g/mol. The fraction of sp³-hybridized carbons (Fsp3) is 0.455. The Labute approximate surface area is 99.4 Å². The number of rotatable bonds is 2. The van der Waals surface area contributed by atoms with E-state index in [2.05, 4.69) is 10.4 Å². The number of hydrazine groups is 1. The molecule has 4 N–H and O–H groups in total. The molecule has 2 heterocycles. The number of nitrogens with two attached hydrogens (primary N) is 1. The van der Waals surface area contributed by atoms with Crippen LogP contribution in [0, 0.1) is 0 Å². The predicted octanol–water partition coefficient (Wildman–Crippen LogP) is -0.0359. The molecule has 1 amide bonds. The number of aliphatic hydroxyl groups is 1. The number of nitrogen functional groups attached to an aromatic ring is 1. The lowest BCUT2D eigenvalue weighted by Gasteiger charge is -2.29. The van der Waals surface area contributed by atoms with Gasteiger partial charge < -0.3 is 15.4 Å². The summed E-state index contributed by atoms with van der Waals surface area (Å²) in [6, 6.07) is 3.35. The van der Waals surface area contributed by atoms with Gasteiger partial charge in [0.25, 0.3) is 5.91 Å². The largest absolute Gasteiger partial charge is 0.393 e. The highest BCUT2D eigenvalue weighted by Crippen LogP contribution is 2.13. The van der Waals surface area contributed by atoms with E-state index in [1.807, 2.05) is 0 Å². The van der Waals surface area contributed by atoms with Crippen LogP contribution < -0.4 is 11.3 Å². The van der Waals surface area contributed by atoms with Crippen molar-refractivity contribution in [3.05, 3.63) is 24.0 Å². The molecule has 0 radical (unpaired) electrons. The van der Waals surface area contributed by atoms with Crippen LogP contribution in [0.1, 0.15) is 23.3 Å². The molecular formula is C11H16N4O2. The lowest BCUT2D eigenvalue weighted by Crippen LogP contribution is -2.40. The van der Waals surface area contributed by atoms with Gasteiger partial charge in [-0.3, -0.25) is 10.6 Å². The molecule has 2 rings (SSSR count). The van der Waals surface area contributed by atoms with Gasteiger partial charge in [-0.1, -0.05) is 0 Å². The van der Waals surface area contributed by atoms with Crippen molar-refractivity contribution in [2.45, 2.75) is 18.9 Å². The van der Waals surface area contributed by atoms with E-state index in [4.69, 9.17) is 5.84 Å². The van der Waals surface area contributed by atoms with E-state index < -0.39 is 0 Å². The van der Waals surface area contributed by atoms with Gasteiger partial charge in [-0.25, -0.2) is 4.98 Å². The van der Waals surface area contributed by atoms with Crippen LogP contribution in [0.5, 0.6) is 0 Å². The third-order valence-corrected chi connectivity index (χ3v) is 2.90. The first kappa shape index (κ1) is 11.8. The van der Waals surface area contributed by atoms with Crippen molar-refractivity contribution in [2.24, 2.45) is 5.84 Å². The number of carbonyl (C=O) groups excluding carboxylic acids is 1. The van der Waals surface area contributed by atoms with Crippen molar-refractivity contribution < 1.29 is 9.90 Å². The number of amides is 1. The normalized spacial score (nSPS) is 16.9. The van der Waals surface area contributed by atoms with Crippen molar-refractivity contribution in [2.75, 3.05) is 18.5 Å². The molecule has 17 heavy (non-hydrogen) atoms. The molecule has 0 aromatic carbocycles. The summed E-state index contributed by atoms with van der Waals surface area (Å²) in [4.78, 5) is 17.8. The minimum Gasteiger partial charge on any atom is -0.393 e. The zero-order chi connectivity index (χ0) is 12.3. The third kappa shape index (κ3) is 2.72. The van der Waals surface area contributed by atoms with Crippen LogP contribution in [0.4, 0.5) is 5.69 Å². The number of pyridine rings is 1. The minimum absolute atomic E-state index is 0.0968. The number of piperidine rings is 1. The van der Waals surface area contributed by atoms with E-state index in [1.54, 1.807) is 17.0 Å². The van der Waals surface area contributed by atoms with Gasteiger partial charge in [-0.05, 0) is 25.0 Å². The van der Waals surface area contributed by atoms with Crippen LogP contribution in [-0.2, 0) is 0 Å². The Morgan fingerprint density at radius 2 is 2.18 bits per heavy atom. The smallest absolute Gasteiger partial charge is 0.272 e. The summed E-state index contributed by atoms with van der Waals surface area (Å²) in [6.45, 7) is 1.16. The molecule has 1 saturated heterocycles. The van der Waals surface area contributed by atoms with Gasteiger partial charge in [0.1, 0.15) is 5.69 Å². The third-order valence-electron chi connectivity index (χ3n) is 2.90. The van der Waals surface area contributed by atoms with Crippen molar-refractivity contribution in [1.29, 1.82) is 0 Å². The Hall–Kier alpha value is -1.66. The molecule has 1 aliphatic rings. The summed E-state index contributed by atoms with van der Waals surface area (Å²) in [5, 5.41) is 9.37. The molecule has 6 heteroatoms. The van der Waals surface area contributed by atoms with Crippen LogP contribution >= 0.6 is 0 Å². The predicted molar refractivity (Wildman–Crippen MR) is 63.2 cm³/mol. The molecule has 0 bridgehead atoms. The first-order chi connectivity index (χ1) is 8.20. The molecule has 6 nitrogen and oxygen atoms in total. The van der Waals surface area contributed by atoms with E-state index in [1.165, 1.54) is 6.20 Å². The highest BCUT2D eigenvalue weighted by Gasteiger charge is 2.22. The molecule has 0 aliphatic carbocycles. The van der Waals surface area contributed by atoms with Crippen LogP contribution in [0.25, 0.3) is 0 Å². The van der Waals surface area contributed by atoms with Gasteiger partial charge in [0.15, 0.2) is 0 Å². The summed E-state index contributed by atoms with van der Waals surface area (Å²) in [5.41, 5.74) is 3.52. The summed E-state index contributed by atoms with van der Waals surface area (Å²) in [6.07, 6.45) is 2.50. The summed E-state index contributed by atoms with van der Waals surface area (Å²) < 4.78 is 0. The molecule has 0 spiro atoms. The van der Waals surface area contributed by atoms with Crippen LogP contribution in [0.2, 0.25) is 0 Å². The average Bonchev–Trinajstić information content (AvgIpc) is 2.39. The van der Waals surface area contributed by atoms with Gasteiger partial charge in [0, 0.05) is 13.1 Å². The summed E-state index contributed by atoms with van der Waals surface area (Å²) in [5.74, 6) is 5.12. The maximum absolute atomic E-state index is 12.0. The van der Waals surface area contributed by atoms with Crippen LogP contribution in [0.15, 0.2) is 18.3 Å². The molecule has 1 fully saturated rings. The van der Waals surface area contributed by atoms with Crippen molar-refractivity contribution >= 4 is 11.6 Å². The minimum atomic E-state index is -0.282. The summed E-state index contributed by atoms with van der Waals surface area (Å²) >= 11 is 0. The monoisotopic (exact) mass is 236 g/mol. The molecule has 92 valence electrons. The van der Waals surface area contributed by atoms with Crippen LogP contribution in [-0.4, -0.2) is 40.1 Å². The van der Waals surface area contributed by atoms with Gasteiger partial charge in [0.05, 0.1) is 18.0 Å². The highest BCUT2D eigenvalue weighted by atomic mass is 16.3. The molecule has 1 aromatic rings. The Balaban J connectivity index is 2.03. The lowest BCUT2D eigenvalue weighted by atomic mass is 10.1. The summed E-state index contributed by atoms with van der Waals surface area (Å²) in [7, 11) is 0. The van der Waals surface area contributed by atoms with E-state index in [9.17, 15) is 9.90 Å². The second kappa shape index (κ2) is 5.11. The number of aromatic nitrogens is 1. The quantitative estimate of drug-likeness (QED) is 0.495. The van der Waals surface area contributed by atoms with Gasteiger partial charge in [0.2, 0.25) is 0 Å². The number of nitrogens with one attached hydrogen (secondary N) is 1. The van der Waals surface area contributed by atoms with E-state index in [0.29, 0.717) is 37.3 Å². The Kier molecular flexibility index (Phi) is 3.55. The molecular weight excluding hydrogens is 220 g/mol. The number of likely N-dealkylation sites (tertiary alicyclic amines) is 1. The maximum Gasteiger partial charge on any atom is 0.272 e. The maximum atomic E-state index is 12.0. The Bertz CT molecular complexity index is 385. The van der Waals surface area contributed by atoms with E-state index >= 15 is 0 Å². The fourth-order valence-electron chi connectivity index (χ4n) is 1.84. The first-order valence-electron chi connectivity index (χ1n) is 5.60. The molecule has 1 aliphatic heterocycles. The molecule has 0 atom stereocenters. The van der Waals surface area contributed by atoms with Gasteiger partial charge in [-0.15, -0.1) is 0 Å². The molecule has 0 unspecified atom stereocenters. The number of anilines is 1. The van der Waals surface area contributed by atoms with Crippen LogP contribution in [0.3, 0.4) is 0 Å². The lowest BCUT2D eigenvalue weighted by molar-refractivity contribution is 0.0541. The second-order valence-corrected chi connectivity index (χ2v) is 4.10. The standard InChI is InChI=1S/C11H16N4O2/c12-14-8-1-2-10(13-7-8)11(17)15-5-3-9(16)4-6-15/h1-2,7,9,14,16H,3-6,12H2. The SMILES string of the molecule is NNc1ccc(C(=O)N2CCC(O)CC2)nc1. The number of aliphatic hydroxyl groups excluding tert-OH is 1. The second-order valence-electron chi connectivity index (χ2n) is 4.10. The van der Waals surface area contributed by atoms with E-state index in [-0.39, 0.29) is 12.0 Å². The molecule has 0 saturated carbocycles.